The summed E-state index contributed by atoms with van der Waals surface area (Å²) in [5.74, 6) is 0. The van der Waals surface area contributed by atoms with Gasteiger partial charge < -0.3 is 0 Å². The van der Waals surface area contributed by atoms with Crippen LogP contribution in [0.4, 0.5) is 0 Å². The van der Waals surface area contributed by atoms with Gasteiger partial charge in [-0.05, 0) is 23.7 Å². The van der Waals surface area contributed by atoms with Crippen molar-refractivity contribution in [2.45, 2.75) is 19.5 Å². The second-order valence-corrected chi connectivity index (χ2v) is 5.19. The minimum absolute atomic E-state index is 0.225. The van der Waals surface area contributed by atoms with Gasteiger partial charge in [-0.25, -0.2) is 9.97 Å². The van der Waals surface area contributed by atoms with Crippen molar-refractivity contribution < 1.29 is 0 Å². The van der Waals surface area contributed by atoms with Gasteiger partial charge in [-0.2, -0.15) is 0 Å². The number of fused-ring (bicyclic) bond motifs is 1. The third-order valence-electron chi connectivity index (χ3n) is 3.17. The standard InChI is InChI=1S/C14H11Cl2N3/c15-13-11-9-19(8-10-4-2-1-3-5-10)7-6-12(11)17-14(16)18-13/h1-2,4H,6-9H2. The molecule has 0 atom stereocenters. The van der Waals surface area contributed by atoms with Crippen LogP contribution in [0.15, 0.2) is 18.2 Å². The molecule has 0 saturated heterocycles. The average Bonchev–Trinajstić information content (AvgIpc) is 2.40. The summed E-state index contributed by atoms with van der Waals surface area (Å²) in [4.78, 5) is 10.5. The van der Waals surface area contributed by atoms with E-state index < -0.39 is 0 Å². The highest BCUT2D eigenvalue weighted by Gasteiger charge is 2.21. The molecule has 1 aromatic carbocycles. The molecule has 3 nitrogen and oxygen atoms in total. The molecule has 0 spiro atoms. The Bertz CT molecular complexity index is 587. The first-order chi connectivity index (χ1) is 9.22. The Balaban J connectivity index is 1.79. The SMILES string of the molecule is Clc1nc(Cl)c2c(n1)CCN(Cc1c#cccc1)C2. The van der Waals surface area contributed by atoms with Crippen molar-refractivity contribution in [3.05, 3.63) is 57.6 Å². The van der Waals surface area contributed by atoms with Crippen LogP contribution in [0.3, 0.4) is 0 Å². The average molecular weight is 292 g/mol. The van der Waals surface area contributed by atoms with Crippen LogP contribution in [0.5, 0.6) is 0 Å². The van der Waals surface area contributed by atoms with E-state index in [4.69, 9.17) is 23.2 Å². The van der Waals surface area contributed by atoms with Gasteiger partial charge >= 0.3 is 0 Å². The number of hydrogen-bond acceptors (Lipinski definition) is 3. The van der Waals surface area contributed by atoms with Crippen LogP contribution >= 0.6 is 23.2 Å². The van der Waals surface area contributed by atoms with Gasteiger partial charge in [0, 0.05) is 37.2 Å². The van der Waals surface area contributed by atoms with Gasteiger partial charge in [0.1, 0.15) is 5.15 Å². The number of nitrogens with zero attached hydrogens (tertiary/aromatic N) is 3. The predicted octanol–water partition coefficient (Wildman–Crippen LogP) is 2.94. The molecule has 0 fully saturated rings. The summed E-state index contributed by atoms with van der Waals surface area (Å²) in [6, 6.07) is 11.9. The largest absolute Gasteiger partial charge is 0.294 e. The Hall–Kier alpha value is -1.34. The topological polar surface area (TPSA) is 29.0 Å². The maximum Gasteiger partial charge on any atom is 0.224 e. The highest BCUT2D eigenvalue weighted by Crippen LogP contribution is 2.25. The summed E-state index contributed by atoms with van der Waals surface area (Å²) in [6.45, 7) is 2.50. The van der Waals surface area contributed by atoms with E-state index in [0.29, 0.717) is 5.15 Å². The fraction of sp³-hybridized carbons (Fsp3) is 0.286. The zero-order valence-electron chi connectivity index (χ0n) is 10.2. The van der Waals surface area contributed by atoms with Crippen LogP contribution in [-0.4, -0.2) is 21.4 Å². The lowest BCUT2D eigenvalue weighted by molar-refractivity contribution is 0.243. The lowest BCUT2D eigenvalue weighted by atomic mass is 10.1. The summed E-state index contributed by atoms with van der Waals surface area (Å²) in [5, 5.41) is 0.687. The fourth-order valence-electron chi connectivity index (χ4n) is 2.26. The molecule has 0 unspecified atom stereocenters. The number of rotatable bonds is 2. The van der Waals surface area contributed by atoms with Crippen molar-refractivity contribution in [2.75, 3.05) is 6.54 Å². The molecule has 0 aliphatic carbocycles. The number of halogens is 2. The molecule has 0 bridgehead atoms. The molecule has 2 aromatic rings. The van der Waals surface area contributed by atoms with Crippen molar-refractivity contribution in [3.8, 4) is 0 Å². The van der Waals surface area contributed by atoms with Crippen LogP contribution in [-0.2, 0) is 19.5 Å². The summed E-state index contributed by atoms with van der Waals surface area (Å²) in [7, 11) is 0. The Morgan fingerprint density at radius 2 is 2.21 bits per heavy atom. The van der Waals surface area contributed by atoms with E-state index in [-0.39, 0.29) is 5.28 Å². The molecule has 96 valence electrons. The van der Waals surface area contributed by atoms with Gasteiger partial charge in [-0.3, -0.25) is 4.90 Å². The van der Waals surface area contributed by atoms with E-state index in [9.17, 15) is 0 Å². The molecule has 19 heavy (non-hydrogen) atoms. The maximum atomic E-state index is 6.14. The molecule has 0 saturated carbocycles. The summed E-state index contributed by atoms with van der Waals surface area (Å²) >= 11 is 12.0. The zero-order chi connectivity index (χ0) is 13.2. The van der Waals surface area contributed by atoms with Crippen LogP contribution in [0, 0.1) is 12.1 Å². The minimum Gasteiger partial charge on any atom is -0.294 e. The summed E-state index contributed by atoms with van der Waals surface area (Å²) < 4.78 is 0. The van der Waals surface area contributed by atoms with Gasteiger partial charge in [-0.1, -0.05) is 29.8 Å². The van der Waals surface area contributed by atoms with Gasteiger partial charge in [-0.15, -0.1) is 0 Å². The zero-order valence-corrected chi connectivity index (χ0v) is 11.7. The Labute approximate surface area is 122 Å². The monoisotopic (exact) mass is 291 g/mol. The van der Waals surface area contributed by atoms with E-state index >= 15 is 0 Å². The van der Waals surface area contributed by atoms with Crippen molar-refractivity contribution in [2.24, 2.45) is 0 Å². The van der Waals surface area contributed by atoms with Crippen LogP contribution in [0.2, 0.25) is 10.4 Å². The van der Waals surface area contributed by atoms with Crippen LogP contribution < -0.4 is 0 Å². The highest BCUT2D eigenvalue weighted by atomic mass is 35.5. The van der Waals surface area contributed by atoms with Crippen LogP contribution in [0.1, 0.15) is 16.8 Å². The third kappa shape index (κ3) is 2.82. The predicted molar refractivity (Wildman–Crippen MR) is 74.0 cm³/mol. The molecule has 0 radical (unpaired) electrons. The van der Waals surface area contributed by atoms with Gasteiger partial charge in [0.05, 0.1) is 5.69 Å². The molecule has 3 rings (SSSR count). The number of aromatic nitrogens is 2. The van der Waals surface area contributed by atoms with Gasteiger partial charge in [0.25, 0.3) is 0 Å². The molecule has 2 heterocycles. The Kier molecular flexibility index (Phi) is 3.56. The summed E-state index contributed by atoms with van der Waals surface area (Å²) in [5.41, 5.74) is 3.07. The van der Waals surface area contributed by atoms with E-state index in [1.165, 1.54) is 0 Å². The lowest BCUT2D eigenvalue weighted by Crippen LogP contribution is -2.31. The normalized spacial score (nSPS) is 14.8. The third-order valence-corrected chi connectivity index (χ3v) is 3.65. The smallest absolute Gasteiger partial charge is 0.224 e. The van der Waals surface area contributed by atoms with Crippen molar-refractivity contribution in [1.82, 2.24) is 14.9 Å². The highest BCUT2D eigenvalue weighted by molar-refractivity contribution is 6.32. The molecule has 1 aliphatic heterocycles. The molecular weight excluding hydrogens is 281 g/mol. The van der Waals surface area contributed by atoms with Crippen LogP contribution in [0.25, 0.3) is 0 Å². The van der Waals surface area contributed by atoms with E-state index in [1.807, 2.05) is 18.2 Å². The second-order valence-electron chi connectivity index (χ2n) is 4.49. The molecule has 0 N–H and O–H groups in total. The fourth-order valence-corrected chi connectivity index (χ4v) is 2.74. The second kappa shape index (κ2) is 5.34. The van der Waals surface area contributed by atoms with Crippen molar-refractivity contribution in [1.29, 1.82) is 0 Å². The first kappa shape index (κ1) is 12.7. The van der Waals surface area contributed by atoms with E-state index in [0.717, 1.165) is 42.9 Å². The first-order valence-electron chi connectivity index (χ1n) is 6.03. The summed E-state index contributed by atoms with van der Waals surface area (Å²) in [6.07, 6.45) is 0.841. The van der Waals surface area contributed by atoms with E-state index in [2.05, 4.69) is 27.0 Å². The molecular formula is C14H11Cl2N3. The van der Waals surface area contributed by atoms with Gasteiger partial charge in [0.2, 0.25) is 5.28 Å². The van der Waals surface area contributed by atoms with Gasteiger partial charge in [0.15, 0.2) is 0 Å². The molecule has 5 heteroatoms. The van der Waals surface area contributed by atoms with E-state index in [1.54, 1.807) is 0 Å². The number of hydrogen-bond donors (Lipinski definition) is 0. The Morgan fingerprint density at radius 1 is 1.32 bits per heavy atom. The quantitative estimate of drug-likeness (QED) is 0.629. The Morgan fingerprint density at radius 3 is 3.00 bits per heavy atom. The molecule has 1 aromatic heterocycles. The molecule has 1 aliphatic rings. The van der Waals surface area contributed by atoms with Crippen molar-refractivity contribution >= 4 is 23.2 Å². The molecule has 0 amide bonds. The maximum absolute atomic E-state index is 6.14. The minimum atomic E-state index is 0.225. The first-order valence-corrected chi connectivity index (χ1v) is 6.78. The lowest BCUT2D eigenvalue weighted by Gasteiger charge is -2.27. The van der Waals surface area contributed by atoms with Crippen molar-refractivity contribution in [3.63, 3.8) is 0 Å².